The van der Waals surface area contributed by atoms with Crippen LogP contribution in [0, 0.1) is 0 Å². The molecule has 32 heavy (non-hydrogen) atoms. The summed E-state index contributed by atoms with van der Waals surface area (Å²) in [6.45, 7) is 5.08. The van der Waals surface area contributed by atoms with Gasteiger partial charge in [0.2, 0.25) is 0 Å². The number of ether oxygens (including phenoxy) is 1. The van der Waals surface area contributed by atoms with E-state index < -0.39 is 0 Å². The zero-order chi connectivity index (χ0) is 22.5. The predicted molar refractivity (Wildman–Crippen MR) is 128 cm³/mol. The number of hydrogen-bond acceptors (Lipinski definition) is 4. The summed E-state index contributed by atoms with van der Waals surface area (Å²) in [6, 6.07) is 13.7. The molecule has 2 aliphatic heterocycles. The number of rotatable bonds is 6. The molecule has 2 aromatic rings. The van der Waals surface area contributed by atoms with Gasteiger partial charge in [-0.05, 0) is 68.2 Å². The van der Waals surface area contributed by atoms with Crippen LogP contribution in [0.3, 0.4) is 0 Å². The lowest BCUT2D eigenvalue weighted by Gasteiger charge is -2.30. The molecule has 2 aromatic carbocycles. The van der Waals surface area contributed by atoms with Crippen molar-refractivity contribution in [2.24, 2.45) is 0 Å². The molecule has 0 aromatic heterocycles. The second kappa shape index (κ2) is 10.2. The van der Waals surface area contributed by atoms with Gasteiger partial charge in [0.05, 0.1) is 43.4 Å². The quantitative estimate of drug-likeness (QED) is 0.590. The zero-order valence-electron chi connectivity index (χ0n) is 18.6. The Labute approximate surface area is 193 Å². The Morgan fingerprint density at radius 1 is 1.28 bits per heavy atom. The third-order valence-electron chi connectivity index (χ3n) is 6.14. The van der Waals surface area contributed by atoms with Crippen molar-refractivity contribution in [3.05, 3.63) is 58.5 Å². The molecule has 0 bridgehead atoms. The van der Waals surface area contributed by atoms with Gasteiger partial charge in [-0.25, -0.2) is 0 Å². The third-order valence-corrected chi connectivity index (χ3v) is 7.24. The maximum atomic E-state index is 12.6. The van der Waals surface area contributed by atoms with Crippen molar-refractivity contribution in [2.75, 3.05) is 32.1 Å². The number of methoxy groups -OCH3 is 1. The smallest absolute Gasteiger partial charge is 0.262 e. The van der Waals surface area contributed by atoms with E-state index in [1.807, 2.05) is 42.5 Å². The molecule has 6 nitrogen and oxygen atoms in total. The van der Waals surface area contributed by atoms with E-state index in [1.54, 1.807) is 18.1 Å². The number of carbonyl (C=O) groups excluding carboxylic acids is 2. The largest absolute Gasteiger partial charge is 0.497 e. The van der Waals surface area contributed by atoms with Gasteiger partial charge in [-0.2, -0.15) is 0 Å². The van der Waals surface area contributed by atoms with Gasteiger partial charge in [0.1, 0.15) is 5.75 Å². The van der Waals surface area contributed by atoms with Gasteiger partial charge in [0.25, 0.3) is 11.8 Å². The first-order chi connectivity index (χ1) is 15.5. The van der Waals surface area contributed by atoms with Crippen molar-refractivity contribution in [3.8, 4) is 5.75 Å². The third kappa shape index (κ3) is 5.34. The second-order valence-corrected chi connectivity index (χ2v) is 9.45. The normalized spacial score (nSPS) is 21.6. The first-order valence-corrected chi connectivity index (χ1v) is 12.0. The molecule has 2 unspecified atom stereocenters. The number of piperidine rings is 1. The first kappa shape index (κ1) is 22.4. The Morgan fingerprint density at radius 2 is 2.16 bits per heavy atom. The molecule has 7 heteroatoms. The first-order valence-electron chi connectivity index (χ1n) is 11.2. The number of fused-ring (bicyclic) bond motifs is 1. The van der Waals surface area contributed by atoms with Gasteiger partial charge in [-0.3, -0.25) is 9.59 Å². The molecule has 4 rings (SSSR count). The second-order valence-electron chi connectivity index (χ2n) is 8.36. The molecule has 0 spiro atoms. The van der Waals surface area contributed by atoms with Crippen LogP contribution in [0.5, 0.6) is 5.75 Å². The van der Waals surface area contributed by atoms with Crippen LogP contribution in [0.2, 0.25) is 0 Å². The highest BCUT2D eigenvalue weighted by Crippen LogP contribution is 2.39. The Bertz CT molecular complexity index is 1040. The number of amides is 2. The minimum Gasteiger partial charge on any atom is -0.497 e. The van der Waals surface area contributed by atoms with E-state index in [1.165, 1.54) is 37.6 Å². The van der Waals surface area contributed by atoms with E-state index in [4.69, 9.17) is 4.74 Å². The minimum absolute atomic E-state index is 0.103. The van der Waals surface area contributed by atoms with Crippen LogP contribution in [0.4, 0.5) is 5.69 Å². The van der Waals surface area contributed by atoms with Crippen LogP contribution in [0.25, 0.3) is 6.08 Å². The number of anilines is 1. The van der Waals surface area contributed by atoms with Gasteiger partial charge in [0, 0.05) is 10.5 Å². The maximum Gasteiger partial charge on any atom is 0.262 e. The standard InChI is InChI=1S/C25H29N3O3S/c1-17-6-3-4-12-28(17)13-11-26-24(29)19-9-10-22-21(16-19)27-25(30)23(32-22)15-18-7-5-8-20(14-18)31-2/h5,7-10,14-17H,3-4,6,11-13H2,1-2H3,(H,26,29)(H,27,30)/p+1. The number of quaternary nitrogens is 1. The van der Waals surface area contributed by atoms with Gasteiger partial charge >= 0.3 is 0 Å². The summed E-state index contributed by atoms with van der Waals surface area (Å²) >= 11 is 1.40. The molecular weight excluding hydrogens is 422 g/mol. The van der Waals surface area contributed by atoms with Gasteiger partial charge in [0.15, 0.2) is 0 Å². The zero-order valence-corrected chi connectivity index (χ0v) is 19.4. The van der Waals surface area contributed by atoms with E-state index in [2.05, 4.69) is 17.6 Å². The molecule has 2 heterocycles. The number of nitrogens with one attached hydrogen (secondary N) is 3. The van der Waals surface area contributed by atoms with E-state index in [0.717, 1.165) is 22.8 Å². The summed E-state index contributed by atoms with van der Waals surface area (Å²) in [5.74, 6) is 0.465. The maximum absolute atomic E-state index is 12.6. The SMILES string of the molecule is COc1cccc(C=C2Sc3ccc(C(=O)NCC[NH+]4CCCCC4C)cc3NC2=O)c1. The number of benzene rings is 2. The van der Waals surface area contributed by atoms with Crippen LogP contribution in [-0.2, 0) is 4.79 Å². The summed E-state index contributed by atoms with van der Waals surface area (Å²) in [4.78, 5) is 28.4. The molecule has 168 valence electrons. The number of hydrogen-bond donors (Lipinski definition) is 3. The predicted octanol–water partition coefficient (Wildman–Crippen LogP) is 2.97. The Morgan fingerprint density at radius 3 is 2.97 bits per heavy atom. The summed E-state index contributed by atoms with van der Waals surface area (Å²) < 4.78 is 5.25. The molecular formula is C25H30N3O3S+. The average molecular weight is 453 g/mol. The molecule has 0 aliphatic carbocycles. The molecule has 1 fully saturated rings. The lowest BCUT2D eigenvalue weighted by atomic mass is 10.0. The van der Waals surface area contributed by atoms with Gasteiger partial charge < -0.3 is 20.3 Å². The Balaban J connectivity index is 1.39. The molecule has 2 aliphatic rings. The highest BCUT2D eigenvalue weighted by Gasteiger charge is 2.23. The summed E-state index contributed by atoms with van der Waals surface area (Å²) in [5.41, 5.74) is 2.13. The summed E-state index contributed by atoms with van der Waals surface area (Å²) in [5, 5.41) is 5.96. The van der Waals surface area contributed by atoms with Crippen LogP contribution in [-0.4, -0.2) is 44.6 Å². The van der Waals surface area contributed by atoms with E-state index in [-0.39, 0.29) is 11.8 Å². The topological polar surface area (TPSA) is 71.9 Å². The van der Waals surface area contributed by atoms with E-state index in [9.17, 15) is 9.59 Å². The number of carbonyl (C=O) groups is 2. The van der Waals surface area contributed by atoms with Crippen LogP contribution in [0.1, 0.15) is 42.1 Å². The van der Waals surface area contributed by atoms with E-state index >= 15 is 0 Å². The Hall–Kier alpha value is -2.77. The molecule has 1 saturated heterocycles. The minimum atomic E-state index is -0.175. The highest BCUT2D eigenvalue weighted by atomic mass is 32.2. The van der Waals surface area contributed by atoms with Crippen molar-refractivity contribution in [2.45, 2.75) is 37.1 Å². The van der Waals surface area contributed by atoms with Crippen molar-refractivity contribution in [3.63, 3.8) is 0 Å². The lowest BCUT2D eigenvalue weighted by Crippen LogP contribution is -3.16. The van der Waals surface area contributed by atoms with Crippen LogP contribution in [0.15, 0.2) is 52.3 Å². The highest BCUT2D eigenvalue weighted by molar-refractivity contribution is 8.04. The fourth-order valence-corrected chi connectivity index (χ4v) is 5.18. The lowest BCUT2D eigenvalue weighted by molar-refractivity contribution is -0.927. The monoisotopic (exact) mass is 452 g/mol. The molecule has 3 N–H and O–H groups in total. The number of thioether (sulfide) groups is 1. The van der Waals surface area contributed by atoms with Crippen LogP contribution < -0.4 is 20.3 Å². The van der Waals surface area contributed by atoms with E-state index in [0.29, 0.717) is 28.7 Å². The van der Waals surface area contributed by atoms with Crippen molar-refractivity contribution in [1.82, 2.24) is 5.32 Å². The van der Waals surface area contributed by atoms with Crippen molar-refractivity contribution >= 4 is 35.3 Å². The fraction of sp³-hybridized carbons (Fsp3) is 0.360. The van der Waals surface area contributed by atoms with Crippen LogP contribution >= 0.6 is 11.8 Å². The molecule has 2 atom stereocenters. The molecule has 0 radical (unpaired) electrons. The summed E-state index contributed by atoms with van der Waals surface area (Å²) in [6.07, 6.45) is 5.69. The van der Waals surface area contributed by atoms with Crippen molar-refractivity contribution < 1.29 is 19.2 Å². The van der Waals surface area contributed by atoms with Crippen molar-refractivity contribution in [1.29, 1.82) is 0 Å². The van der Waals surface area contributed by atoms with Gasteiger partial charge in [-0.15, -0.1) is 0 Å². The van der Waals surface area contributed by atoms with Gasteiger partial charge in [-0.1, -0.05) is 23.9 Å². The fourth-order valence-electron chi connectivity index (χ4n) is 4.25. The Kier molecular flexibility index (Phi) is 7.17. The average Bonchev–Trinajstić information content (AvgIpc) is 2.80. The molecule has 0 saturated carbocycles. The number of likely N-dealkylation sites (tertiary alicyclic amines) is 1. The molecule has 2 amide bonds. The summed E-state index contributed by atoms with van der Waals surface area (Å²) in [7, 11) is 1.62.